The van der Waals surface area contributed by atoms with Crippen molar-refractivity contribution in [1.29, 1.82) is 0 Å². The molecule has 3 heterocycles. The van der Waals surface area contributed by atoms with Gasteiger partial charge in [0.05, 0.1) is 18.3 Å². The Balaban J connectivity index is 1.26. The summed E-state index contributed by atoms with van der Waals surface area (Å²) >= 11 is 0. The number of allylic oxidation sites excluding steroid dienone is 1. The third-order valence-corrected chi connectivity index (χ3v) is 8.42. The minimum absolute atomic E-state index is 0.0915. The van der Waals surface area contributed by atoms with Crippen LogP contribution in [0.15, 0.2) is 34.5 Å². The predicted molar refractivity (Wildman–Crippen MR) is 113 cm³/mol. The van der Waals surface area contributed by atoms with E-state index in [1.807, 2.05) is 0 Å². The summed E-state index contributed by atoms with van der Waals surface area (Å²) in [4.78, 5) is 29.3. The van der Waals surface area contributed by atoms with E-state index in [4.69, 9.17) is 9.15 Å². The molecule has 168 valence electrons. The number of esters is 1. The number of carbonyl (C=O) groups is 2. The third-order valence-electron chi connectivity index (χ3n) is 8.42. The minimum atomic E-state index is -0.578. The summed E-state index contributed by atoms with van der Waals surface area (Å²) < 4.78 is 11.0. The van der Waals surface area contributed by atoms with E-state index in [-0.39, 0.29) is 35.2 Å². The zero-order valence-corrected chi connectivity index (χ0v) is 18.3. The Hall–Kier alpha value is -2.12. The number of amides is 1. The van der Waals surface area contributed by atoms with Gasteiger partial charge in [0.15, 0.2) is 5.76 Å². The second-order valence-corrected chi connectivity index (χ2v) is 9.87. The first kappa shape index (κ1) is 20.8. The molecule has 2 aliphatic carbocycles. The van der Waals surface area contributed by atoms with Gasteiger partial charge in [0.25, 0.3) is 5.91 Å². The molecule has 6 atom stereocenters. The van der Waals surface area contributed by atoms with Gasteiger partial charge in [-0.05, 0) is 30.9 Å². The van der Waals surface area contributed by atoms with Gasteiger partial charge in [0, 0.05) is 50.5 Å². The zero-order valence-electron chi connectivity index (χ0n) is 18.3. The van der Waals surface area contributed by atoms with Crippen molar-refractivity contribution in [3.8, 4) is 0 Å². The lowest BCUT2D eigenvalue weighted by molar-refractivity contribution is -0.145. The molecular weight excluding hydrogens is 396 g/mol. The number of ether oxygens (including phenoxy) is 1. The highest BCUT2D eigenvalue weighted by Crippen LogP contribution is 2.56. The van der Waals surface area contributed by atoms with Crippen LogP contribution in [0.5, 0.6) is 0 Å². The highest BCUT2D eigenvalue weighted by Gasteiger charge is 2.59. The summed E-state index contributed by atoms with van der Waals surface area (Å²) in [5, 5.41) is 11.5. The average Bonchev–Trinajstić information content (AvgIpc) is 3.39. The third kappa shape index (κ3) is 3.33. The smallest absolute Gasteiger partial charge is 0.311 e. The van der Waals surface area contributed by atoms with E-state index in [1.54, 1.807) is 17.0 Å². The SMILES string of the molecule is C[C@@H]1CCC=C2C[C@H]3OC(=O)[C@H](CN4CCN(C(=O)c5ccco5)CC4)[C@@H]3[C@@H](O)[C@@]21C. The van der Waals surface area contributed by atoms with E-state index in [9.17, 15) is 14.7 Å². The van der Waals surface area contributed by atoms with Crippen LogP contribution in [0.25, 0.3) is 0 Å². The molecule has 7 nitrogen and oxygen atoms in total. The van der Waals surface area contributed by atoms with Gasteiger partial charge in [-0.3, -0.25) is 14.5 Å². The van der Waals surface area contributed by atoms with Crippen LogP contribution in [-0.2, 0) is 9.53 Å². The summed E-state index contributed by atoms with van der Waals surface area (Å²) in [7, 11) is 0. The number of piperazine rings is 1. The minimum Gasteiger partial charge on any atom is -0.461 e. The van der Waals surface area contributed by atoms with Crippen molar-refractivity contribution in [3.05, 3.63) is 35.8 Å². The van der Waals surface area contributed by atoms with Gasteiger partial charge in [0.2, 0.25) is 0 Å². The number of aliphatic hydroxyl groups excluding tert-OH is 1. The summed E-state index contributed by atoms with van der Waals surface area (Å²) in [6.07, 6.45) is 5.82. The second kappa shape index (κ2) is 7.78. The fourth-order valence-electron chi connectivity index (χ4n) is 6.24. The molecular formula is C24H32N2O5. The van der Waals surface area contributed by atoms with Crippen molar-refractivity contribution >= 4 is 11.9 Å². The number of rotatable bonds is 3. The maximum atomic E-state index is 12.8. The van der Waals surface area contributed by atoms with Crippen molar-refractivity contribution < 1.29 is 23.8 Å². The number of furan rings is 1. The van der Waals surface area contributed by atoms with Crippen LogP contribution in [0.3, 0.4) is 0 Å². The van der Waals surface area contributed by atoms with Crippen molar-refractivity contribution in [2.24, 2.45) is 23.2 Å². The molecule has 0 bridgehead atoms. The maximum absolute atomic E-state index is 12.8. The topological polar surface area (TPSA) is 83.2 Å². The zero-order chi connectivity index (χ0) is 21.8. The predicted octanol–water partition coefficient (Wildman–Crippen LogP) is 2.32. The first-order chi connectivity index (χ1) is 14.9. The van der Waals surface area contributed by atoms with Crippen LogP contribution >= 0.6 is 0 Å². The summed E-state index contributed by atoms with van der Waals surface area (Å²) in [5.41, 5.74) is 0.985. The Morgan fingerprint density at radius 2 is 2.06 bits per heavy atom. The van der Waals surface area contributed by atoms with Gasteiger partial charge in [0.1, 0.15) is 6.10 Å². The molecule has 0 spiro atoms. The molecule has 2 saturated heterocycles. The highest BCUT2D eigenvalue weighted by molar-refractivity contribution is 5.91. The maximum Gasteiger partial charge on any atom is 0.311 e. The van der Waals surface area contributed by atoms with E-state index in [2.05, 4.69) is 24.8 Å². The largest absolute Gasteiger partial charge is 0.461 e. The van der Waals surface area contributed by atoms with E-state index in [1.165, 1.54) is 11.8 Å². The van der Waals surface area contributed by atoms with Gasteiger partial charge in [-0.2, -0.15) is 0 Å². The fraction of sp³-hybridized carbons (Fsp3) is 0.667. The van der Waals surface area contributed by atoms with Crippen LogP contribution in [0, 0.1) is 23.2 Å². The molecule has 0 aromatic carbocycles. The first-order valence-electron chi connectivity index (χ1n) is 11.5. The average molecular weight is 429 g/mol. The Morgan fingerprint density at radius 1 is 1.29 bits per heavy atom. The fourth-order valence-corrected chi connectivity index (χ4v) is 6.24. The number of nitrogens with zero attached hydrogens (tertiary/aromatic N) is 2. The van der Waals surface area contributed by atoms with Crippen molar-refractivity contribution in [1.82, 2.24) is 9.80 Å². The summed E-state index contributed by atoms with van der Waals surface area (Å²) in [6.45, 7) is 7.55. The molecule has 1 saturated carbocycles. The monoisotopic (exact) mass is 428 g/mol. The highest BCUT2D eigenvalue weighted by atomic mass is 16.6. The molecule has 2 aliphatic heterocycles. The molecule has 5 rings (SSSR count). The lowest BCUT2D eigenvalue weighted by atomic mass is 9.55. The Kier molecular flexibility index (Phi) is 5.21. The molecule has 7 heteroatoms. The van der Waals surface area contributed by atoms with Crippen LogP contribution in [-0.4, -0.2) is 71.7 Å². The van der Waals surface area contributed by atoms with Crippen LogP contribution in [0.4, 0.5) is 0 Å². The number of fused-ring (bicyclic) bond motifs is 2. The van der Waals surface area contributed by atoms with Gasteiger partial charge in [-0.1, -0.05) is 25.5 Å². The molecule has 1 aromatic heterocycles. The van der Waals surface area contributed by atoms with Crippen LogP contribution in [0.1, 0.15) is 43.7 Å². The molecule has 31 heavy (non-hydrogen) atoms. The summed E-state index contributed by atoms with van der Waals surface area (Å²) in [6, 6.07) is 3.40. The number of hydrogen-bond acceptors (Lipinski definition) is 6. The molecule has 1 amide bonds. The Morgan fingerprint density at radius 3 is 2.77 bits per heavy atom. The van der Waals surface area contributed by atoms with Crippen molar-refractivity contribution in [3.63, 3.8) is 0 Å². The quantitative estimate of drug-likeness (QED) is 0.588. The standard InChI is InChI=1S/C24H32N2O5/c1-15-5-3-6-16-13-19-20(21(27)24(15,16)2)17(23(29)31-19)14-25-8-10-26(11-9-25)22(28)18-7-4-12-30-18/h4,6-7,12,15,17,19-21,27H,3,5,8-11,13-14H2,1-2H3/t15-,17-,19-,20+,21-,24-/m1/s1. The van der Waals surface area contributed by atoms with Gasteiger partial charge in [-0.25, -0.2) is 0 Å². The van der Waals surface area contributed by atoms with Gasteiger partial charge < -0.3 is 19.2 Å². The van der Waals surface area contributed by atoms with Gasteiger partial charge in [-0.15, -0.1) is 0 Å². The number of hydrogen-bond donors (Lipinski definition) is 1. The van der Waals surface area contributed by atoms with Crippen LogP contribution < -0.4 is 0 Å². The normalized spacial score (nSPS) is 38.3. The molecule has 0 unspecified atom stereocenters. The van der Waals surface area contributed by atoms with Crippen molar-refractivity contribution in [2.75, 3.05) is 32.7 Å². The Labute approximate surface area is 183 Å². The van der Waals surface area contributed by atoms with Crippen LogP contribution in [0.2, 0.25) is 0 Å². The molecule has 0 radical (unpaired) electrons. The van der Waals surface area contributed by atoms with E-state index < -0.39 is 6.10 Å². The van der Waals surface area contributed by atoms with E-state index in [0.29, 0.717) is 44.4 Å². The first-order valence-corrected chi connectivity index (χ1v) is 11.5. The van der Waals surface area contributed by atoms with Gasteiger partial charge >= 0.3 is 5.97 Å². The van der Waals surface area contributed by atoms with E-state index in [0.717, 1.165) is 19.3 Å². The number of carbonyl (C=O) groups excluding carboxylic acids is 2. The molecule has 3 fully saturated rings. The van der Waals surface area contributed by atoms with Crippen molar-refractivity contribution in [2.45, 2.75) is 45.3 Å². The Bertz CT molecular complexity index is 873. The lowest BCUT2D eigenvalue weighted by Gasteiger charge is -2.52. The lowest BCUT2D eigenvalue weighted by Crippen LogP contribution is -2.55. The van der Waals surface area contributed by atoms with E-state index >= 15 is 0 Å². The molecule has 1 aromatic rings. The molecule has 1 N–H and O–H groups in total. The molecule has 4 aliphatic rings. The number of aliphatic hydroxyl groups is 1. The second-order valence-electron chi connectivity index (χ2n) is 9.87. The summed E-state index contributed by atoms with van der Waals surface area (Å²) in [5.74, 6) is -0.0154.